The monoisotopic (exact) mass is 358 g/mol. The number of carbonyl (C=O) groups is 1. The standard InChI is InChI=1S/C20H18N6O/c1-3-15(27)25-14-6-4-12(5-7-14)18-16(13-8-9-22-10-13)17-19(21)23-11-24-20(17)26(18)2/h3-11,22H,1H2,2H3,(H,25,27)(H2,21,23,24). The molecule has 0 spiro atoms. The minimum atomic E-state index is -0.247. The molecule has 4 rings (SSSR count). The Kier molecular flexibility index (Phi) is 3.97. The quantitative estimate of drug-likeness (QED) is 0.487. The van der Waals surface area contributed by atoms with Gasteiger partial charge in [-0.1, -0.05) is 18.7 Å². The number of anilines is 2. The van der Waals surface area contributed by atoms with Gasteiger partial charge in [-0.25, -0.2) is 9.97 Å². The molecule has 0 aliphatic carbocycles. The zero-order valence-electron chi connectivity index (χ0n) is 14.7. The van der Waals surface area contributed by atoms with E-state index in [1.54, 1.807) is 0 Å². The highest BCUT2D eigenvalue weighted by Crippen LogP contribution is 2.41. The van der Waals surface area contributed by atoms with Crippen LogP contribution in [0, 0.1) is 0 Å². The summed E-state index contributed by atoms with van der Waals surface area (Å²) < 4.78 is 2.01. The highest BCUT2D eigenvalue weighted by molar-refractivity contribution is 6.07. The van der Waals surface area contributed by atoms with Crippen molar-refractivity contribution in [1.82, 2.24) is 19.5 Å². The van der Waals surface area contributed by atoms with Gasteiger partial charge < -0.3 is 20.6 Å². The number of carbonyl (C=O) groups excluding carboxylic acids is 1. The number of nitrogens with zero attached hydrogens (tertiary/aromatic N) is 3. The van der Waals surface area contributed by atoms with Gasteiger partial charge in [0.1, 0.15) is 17.8 Å². The van der Waals surface area contributed by atoms with Crippen LogP contribution in [-0.4, -0.2) is 25.4 Å². The Morgan fingerprint density at radius 1 is 1.22 bits per heavy atom. The second-order valence-electron chi connectivity index (χ2n) is 6.11. The van der Waals surface area contributed by atoms with Crippen LogP contribution < -0.4 is 11.1 Å². The smallest absolute Gasteiger partial charge is 0.247 e. The minimum Gasteiger partial charge on any atom is -0.383 e. The lowest BCUT2D eigenvalue weighted by Crippen LogP contribution is -2.06. The summed E-state index contributed by atoms with van der Waals surface area (Å²) in [6.07, 6.45) is 6.49. The van der Waals surface area contributed by atoms with E-state index in [9.17, 15) is 4.79 Å². The third-order valence-corrected chi connectivity index (χ3v) is 4.49. The van der Waals surface area contributed by atoms with Crippen LogP contribution in [0.5, 0.6) is 0 Å². The van der Waals surface area contributed by atoms with Crippen molar-refractivity contribution in [2.75, 3.05) is 11.1 Å². The molecule has 1 aromatic carbocycles. The van der Waals surface area contributed by atoms with Gasteiger partial charge in [-0.3, -0.25) is 4.79 Å². The number of aryl methyl sites for hydroxylation is 1. The van der Waals surface area contributed by atoms with Crippen LogP contribution in [0.25, 0.3) is 33.4 Å². The third kappa shape index (κ3) is 2.75. The van der Waals surface area contributed by atoms with Gasteiger partial charge in [0.05, 0.1) is 11.1 Å². The van der Waals surface area contributed by atoms with E-state index >= 15 is 0 Å². The number of fused-ring (bicyclic) bond motifs is 1. The van der Waals surface area contributed by atoms with Gasteiger partial charge in [0.15, 0.2) is 0 Å². The van der Waals surface area contributed by atoms with Crippen molar-refractivity contribution in [3.05, 3.63) is 61.7 Å². The first-order valence-electron chi connectivity index (χ1n) is 8.36. The summed E-state index contributed by atoms with van der Waals surface area (Å²) in [6.45, 7) is 3.46. The molecule has 7 nitrogen and oxygen atoms in total. The molecule has 4 aromatic rings. The molecule has 0 saturated carbocycles. The topological polar surface area (TPSA) is 102 Å². The average molecular weight is 358 g/mol. The van der Waals surface area contributed by atoms with E-state index in [1.165, 1.54) is 12.4 Å². The Bertz CT molecular complexity index is 1140. The zero-order valence-corrected chi connectivity index (χ0v) is 14.7. The normalized spacial score (nSPS) is 10.9. The molecule has 0 saturated heterocycles. The minimum absolute atomic E-state index is 0.247. The maximum absolute atomic E-state index is 11.5. The molecule has 3 aromatic heterocycles. The van der Waals surface area contributed by atoms with Crippen molar-refractivity contribution in [3.63, 3.8) is 0 Å². The number of rotatable bonds is 4. The van der Waals surface area contributed by atoms with Gasteiger partial charge in [-0.2, -0.15) is 0 Å². The fourth-order valence-electron chi connectivity index (χ4n) is 3.28. The largest absolute Gasteiger partial charge is 0.383 e. The van der Waals surface area contributed by atoms with Crippen molar-refractivity contribution < 1.29 is 4.79 Å². The second kappa shape index (κ2) is 6.45. The maximum Gasteiger partial charge on any atom is 0.247 e. The fourth-order valence-corrected chi connectivity index (χ4v) is 3.28. The van der Waals surface area contributed by atoms with E-state index in [-0.39, 0.29) is 5.91 Å². The van der Waals surface area contributed by atoms with E-state index < -0.39 is 0 Å². The lowest BCUT2D eigenvalue weighted by atomic mass is 10.0. The first-order valence-corrected chi connectivity index (χ1v) is 8.36. The number of amides is 1. The van der Waals surface area contributed by atoms with Gasteiger partial charge in [0.25, 0.3) is 0 Å². The molecule has 3 heterocycles. The maximum atomic E-state index is 11.5. The molecule has 1 amide bonds. The molecule has 0 unspecified atom stereocenters. The summed E-state index contributed by atoms with van der Waals surface area (Å²) in [6, 6.07) is 9.59. The first-order chi connectivity index (χ1) is 13.1. The summed E-state index contributed by atoms with van der Waals surface area (Å²) in [5, 5.41) is 3.57. The first kappa shape index (κ1) is 16.6. The number of hydrogen-bond donors (Lipinski definition) is 3. The number of aromatic nitrogens is 4. The van der Waals surface area contributed by atoms with Crippen LogP contribution >= 0.6 is 0 Å². The van der Waals surface area contributed by atoms with Crippen LogP contribution in [0.15, 0.2) is 61.7 Å². The van der Waals surface area contributed by atoms with Gasteiger partial charge in [-0.15, -0.1) is 0 Å². The number of nitrogens with one attached hydrogen (secondary N) is 2. The van der Waals surface area contributed by atoms with E-state index in [2.05, 4.69) is 26.8 Å². The summed E-state index contributed by atoms with van der Waals surface area (Å²) in [4.78, 5) is 23.2. The van der Waals surface area contributed by atoms with E-state index in [0.29, 0.717) is 11.5 Å². The molecule has 0 aliphatic heterocycles. The predicted octanol–water partition coefficient (Wildman–Crippen LogP) is 3.34. The highest BCUT2D eigenvalue weighted by Gasteiger charge is 2.21. The summed E-state index contributed by atoms with van der Waals surface area (Å²) >= 11 is 0. The van der Waals surface area contributed by atoms with E-state index in [4.69, 9.17) is 5.73 Å². The van der Waals surface area contributed by atoms with Crippen molar-refractivity contribution in [3.8, 4) is 22.4 Å². The Labute approximate surface area is 155 Å². The fraction of sp³-hybridized carbons (Fsp3) is 0.0500. The third-order valence-electron chi connectivity index (χ3n) is 4.49. The van der Waals surface area contributed by atoms with Crippen molar-refractivity contribution in [2.45, 2.75) is 0 Å². The number of nitrogen functional groups attached to an aromatic ring is 1. The molecular formula is C20H18N6O. The molecule has 0 atom stereocenters. The van der Waals surface area contributed by atoms with Crippen molar-refractivity contribution >= 4 is 28.4 Å². The van der Waals surface area contributed by atoms with Gasteiger partial charge in [-0.05, 0) is 29.8 Å². The Balaban J connectivity index is 1.93. The lowest BCUT2D eigenvalue weighted by Gasteiger charge is -2.09. The van der Waals surface area contributed by atoms with Crippen LogP contribution in [-0.2, 0) is 11.8 Å². The molecule has 134 valence electrons. The van der Waals surface area contributed by atoms with Crippen LogP contribution in [0.1, 0.15) is 0 Å². The summed E-state index contributed by atoms with van der Waals surface area (Å²) in [5.74, 6) is 0.191. The lowest BCUT2D eigenvalue weighted by molar-refractivity contribution is -0.111. The number of nitrogens with two attached hydrogens (primary N) is 1. The summed E-state index contributed by atoms with van der Waals surface area (Å²) in [5.41, 5.74) is 11.6. The number of aromatic amines is 1. The highest BCUT2D eigenvalue weighted by atomic mass is 16.1. The van der Waals surface area contributed by atoms with Crippen LogP contribution in [0.3, 0.4) is 0 Å². The second-order valence-corrected chi connectivity index (χ2v) is 6.11. The molecule has 0 aliphatic rings. The molecule has 27 heavy (non-hydrogen) atoms. The van der Waals surface area contributed by atoms with Crippen molar-refractivity contribution in [2.24, 2.45) is 7.05 Å². The molecule has 0 radical (unpaired) electrons. The number of hydrogen-bond acceptors (Lipinski definition) is 4. The average Bonchev–Trinajstić information content (AvgIpc) is 3.30. The molecule has 0 bridgehead atoms. The molecule has 4 N–H and O–H groups in total. The van der Waals surface area contributed by atoms with Crippen LogP contribution in [0.4, 0.5) is 11.5 Å². The van der Waals surface area contributed by atoms with Gasteiger partial charge in [0, 0.05) is 36.3 Å². The van der Waals surface area contributed by atoms with E-state index in [1.807, 2.05) is 54.3 Å². The summed E-state index contributed by atoms with van der Waals surface area (Å²) in [7, 11) is 1.95. The van der Waals surface area contributed by atoms with E-state index in [0.717, 1.165) is 33.4 Å². The molecule has 7 heteroatoms. The predicted molar refractivity (Wildman–Crippen MR) is 107 cm³/mol. The van der Waals surface area contributed by atoms with Gasteiger partial charge in [0.2, 0.25) is 5.91 Å². The molecule has 0 fully saturated rings. The zero-order chi connectivity index (χ0) is 19.0. The number of H-pyrrole nitrogens is 1. The van der Waals surface area contributed by atoms with Crippen LogP contribution in [0.2, 0.25) is 0 Å². The Hall–Kier alpha value is -3.87. The number of benzene rings is 1. The molecular weight excluding hydrogens is 340 g/mol. The SMILES string of the molecule is C=CC(=O)Nc1ccc(-c2c(-c3cc[nH]c3)c3c(N)ncnc3n2C)cc1. The van der Waals surface area contributed by atoms with Crippen molar-refractivity contribution in [1.29, 1.82) is 0 Å². The Morgan fingerprint density at radius 3 is 2.67 bits per heavy atom. The Morgan fingerprint density at radius 2 is 2.00 bits per heavy atom. The van der Waals surface area contributed by atoms with Gasteiger partial charge >= 0.3 is 0 Å².